The fourth-order valence-corrected chi connectivity index (χ4v) is 3.28. The largest absolute Gasteiger partial charge is 0.448 e. The summed E-state index contributed by atoms with van der Waals surface area (Å²) in [5.41, 5.74) is 1.95. The molecule has 0 saturated heterocycles. The Bertz CT molecular complexity index is 1030. The Morgan fingerprint density at radius 3 is 2.55 bits per heavy atom. The summed E-state index contributed by atoms with van der Waals surface area (Å²) in [6.45, 7) is 3.42. The summed E-state index contributed by atoms with van der Waals surface area (Å²) >= 11 is 1.29. The Kier molecular flexibility index (Phi) is 6.33. The normalized spacial score (nSPS) is 11.7. The van der Waals surface area contributed by atoms with Crippen molar-refractivity contribution in [2.75, 3.05) is 5.32 Å². The van der Waals surface area contributed by atoms with Crippen molar-refractivity contribution in [3.05, 3.63) is 70.7 Å². The summed E-state index contributed by atoms with van der Waals surface area (Å²) in [4.78, 5) is 28.7. The van der Waals surface area contributed by atoms with Crippen molar-refractivity contribution in [2.24, 2.45) is 0 Å². The molecule has 3 aromatic rings. The van der Waals surface area contributed by atoms with E-state index in [0.717, 1.165) is 24.1 Å². The summed E-state index contributed by atoms with van der Waals surface area (Å²) in [7, 11) is 0. The van der Waals surface area contributed by atoms with Gasteiger partial charge in [-0.2, -0.15) is 0 Å². The predicted octanol–water partition coefficient (Wildman–Crippen LogP) is 4.83. The fraction of sp³-hybridized carbons (Fsp3) is 0.190. The van der Waals surface area contributed by atoms with E-state index in [1.54, 1.807) is 5.38 Å². The number of amides is 1. The molecule has 0 saturated carbocycles. The van der Waals surface area contributed by atoms with E-state index >= 15 is 0 Å². The van der Waals surface area contributed by atoms with Crippen molar-refractivity contribution in [1.29, 1.82) is 0 Å². The van der Waals surface area contributed by atoms with Gasteiger partial charge in [-0.25, -0.2) is 18.6 Å². The van der Waals surface area contributed by atoms with Gasteiger partial charge in [0.15, 0.2) is 11.8 Å². The zero-order valence-corrected chi connectivity index (χ0v) is 16.6. The van der Waals surface area contributed by atoms with E-state index in [-0.39, 0.29) is 11.4 Å². The lowest BCUT2D eigenvalue weighted by Crippen LogP contribution is -2.30. The first-order chi connectivity index (χ1) is 13.9. The van der Waals surface area contributed by atoms with E-state index in [9.17, 15) is 18.4 Å². The zero-order chi connectivity index (χ0) is 21.0. The average molecular weight is 416 g/mol. The number of benzene rings is 2. The number of nitrogens with one attached hydrogen (secondary N) is 1. The standard InChI is InChI=1S/C21H18F2N2O3S/c1-3-13-4-6-14(7-5-13)20-25-18(11-29-20)21(27)28-12(2)19(26)24-17-9-8-15(22)10-16(17)23/h4-12H,3H2,1-2H3,(H,24,26)/t12-/m1/s1. The smallest absolute Gasteiger partial charge is 0.358 e. The highest BCUT2D eigenvalue weighted by Crippen LogP contribution is 2.25. The molecular weight excluding hydrogens is 398 g/mol. The van der Waals surface area contributed by atoms with Crippen LogP contribution in [-0.2, 0) is 16.0 Å². The minimum atomic E-state index is -1.19. The molecule has 8 heteroatoms. The van der Waals surface area contributed by atoms with Crippen molar-refractivity contribution < 1.29 is 23.1 Å². The van der Waals surface area contributed by atoms with Crippen molar-refractivity contribution in [1.82, 2.24) is 4.98 Å². The molecule has 1 N–H and O–H groups in total. The van der Waals surface area contributed by atoms with Crippen LogP contribution in [0.5, 0.6) is 0 Å². The van der Waals surface area contributed by atoms with Gasteiger partial charge in [0.2, 0.25) is 0 Å². The van der Waals surface area contributed by atoms with Crippen LogP contribution in [0, 0.1) is 11.6 Å². The van der Waals surface area contributed by atoms with Crippen molar-refractivity contribution in [2.45, 2.75) is 26.4 Å². The lowest BCUT2D eigenvalue weighted by atomic mass is 10.1. The fourth-order valence-electron chi connectivity index (χ4n) is 2.48. The number of hydrogen-bond acceptors (Lipinski definition) is 5. The monoisotopic (exact) mass is 416 g/mol. The third-order valence-electron chi connectivity index (χ3n) is 4.16. The molecule has 0 aliphatic carbocycles. The van der Waals surface area contributed by atoms with Gasteiger partial charge in [0.05, 0.1) is 5.69 Å². The lowest BCUT2D eigenvalue weighted by Gasteiger charge is -2.13. The maximum absolute atomic E-state index is 13.6. The quantitative estimate of drug-likeness (QED) is 0.584. The third-order valence-corrected chi connectivity index (χ3v) is 5.06. The summed E-state index contributed by atoms with van der Waals surface area (Å²) in [6.07, 6.45) is -0.265. The second kappa shape index (κ2) is 8.91. The van der Waals surface area contributed by atoms with E-state index in [1.165, 1.54) is 23.8 Å². The van der Waals surface area contributed by atoms with E-state index in [1.807, 2.05) is 24.3 Å². The molecule has 0 radical (unpaired) electrons. The maximum Gasteiger partial charge on any atom is 0.358 e. The number of aryl methyl sites for hydroxylation is 1. The molecule has 2 aromatic carbocycles. The molecular formula is C21H18F2N2O3S. The van der Waals surface area contributed by atoms with E-state index in [4.69, 9.17) is 4.74 Å². The van der Waals surface area contributed by atoms with Gasteiger partial charge in [-0.1, -0.05) is 31.2 Å². The molecule has 150 valence electrons. The van der Waals surface area contributed by atoms with Crippen LogP contribution >= 0.6 is 11.3 Å². The topological polar surface area (TPSA) is 68.3 Å². The molecule has 5 nitrogen and oxygen atoms in total. The van der Waals surface area contributed by atoms with Crippen LogP contribution in [0.4, 0.5) is 14.5 Å². The van der Waals surface area contributed by atoms with E-state index < -0.39 is 29.6 Å². The molecule has 0 aliphatic rings. The highest BCUT2D eigenvalue weighted by Gasteiger charge is 2.22. The van der Waals surface area contributed by atoms with Crippen LogP contribution in [-0.4, -0.2) is 23.0 Å². The molecule has 0 aliphatic heterocycles. The summed E-state index contributed by atoms with van der Waals surface area (Å²) in [6, 6.07) is 10.6. The van der Waals surface area contributed by atoms with Gasteiger partial charge in [-0.15, -0.1) is 11.3 Å². The number of rotatable bonds is 6. The highest BCUT2D eigenvalue weighted by atomic mass is 32.1. The summed E-state index contributed by atoms with van der Waals surface area (Å²) in [5, 5.41) is 4.47. The minimum Gasteiger partial charge on any atom is -0.448 e. The van der Waals surface area contributed by atoms with Gasteiger partial charge in [0.1, 0.15) is 16.6 Å². The van der Waals surface area contributed by atoms with Gasteiger partial charge in [0, 0.05) is 17.0 Å². The molecule has 1 heterocycles. The van der Waals surface area contributed by atoms with Crippen molar-refractivity contribution in [3.63, 3.8) is 0 Å². The molecule has 1 aromatic heterocycles. The molecule has 0 unspecified atom stereocenters. The van der Waals surface area contributed by atoms with Crippen LogP contribution in [0.25, 0.3) is 10.6 Å². The van der Waals surface area contributed by atoms with Gasteiger partial charge < -0.3 is 10.1 Å². The Labute approximate surface area is 170 Å². The number of halogens is 2. The number of thiazole rings is 1. The molecule has 0 fully saturated rings. The van der Waals surface area contributed by atoms with Crippen molar-refractivity contribution in [3.8, 4) is 10.6 Å². The molecule has 1 amide bonds. The average Bonchev–Trinajstić information content (AvgIpc) is 3.20. The van der Waals surface area contributed by atoms with Gasteiger partial charge >= 0.3 is 5.97 Å². The first-order valence-corrected chi connectivity index (χ1v) is 9.77. The number of carbonyl (C=O) groups excluding carboxylic acids is 2. The Hall–Kier alpha value is -3.13. The second-order valence-electron chi connectivity index (χ2n) is 6.25. The number of nitrogens with zero attached hydrogens (tertiary/aromatic N) is 1. The van der Waals surface area contributed by atoms with E-state index in [0.29, 0.717) is 11.1 Å². The third kappa shape index (κ3) is 5.03. The molecule has 29 heavy (non-hydrogen) atoms. The number of hydrogen-bond donors (Lipinski definition) is 1. The molecule has 3 rings (SSSR count). The van der Waals surface area contributed by atoms with Crippen molar-refractivity contribution >= 4 is 28.9 Å². The minimum absolute atomic E-state index is 0.0807. The molecule has 1 atom stereocenters. The van der Waals surface area contributed by atoms with Crippen LogP contribution < -0.4 is 5.32 Å². The van der Waals surface area contributed by atoms with Crippen LogP contribution in [0.3, 0.4) is 0 Å². The van der Waals surface area contributed by atoms with E-state index in [2.05, 4.69) is 17.2 Å². The Balaban J connectivity index is 1.63. The first kappa shape index (κ1) is 20.6. The zero-order valence-electron chi connectivity index (χ0n) is 15.7. The number of anilines is 1. The number of carbonyl (C=O) groups is 2. The lowest BCUT2D eigenvalue weighted by molar-refractivity contribution is -0.123. The maximum atomic E-state index is 13.6. The summed E-state index contributed by atoms with van der Waals surface area (Å²) in [5.74, 6) is -3.19. The summed E-state index contributed by atoms with van der Waals surface area (Å²) < 4.78 is 31.7. The van der Waals surface area contributed by atoms with Gasteiger partial charge in [-0.3, -0.25) is 4.79 Å². The predicted molar refractivity (Wildman–Crippen MR) is 107 cm³/mol. The number of aromatic nitrogens is 1. The van der Waals surface area contributed by atoms with Crippen LogP contribution in [0.1, 0.15) is 29.9 Å². The molecule has 0 bridgehead atoms. The van der Waals surface area contributed by atoms with Crippen LogP contribution in [0.2, 0.25) is 0 Å². The van der Waals surface area contributed by atoms with Crippen LogP contribution in [0.15, 0.2) is 47.8 Å². The Morgan fingerprint density at radius 1 is 1.17 bits per heavy atom. The SMILES string of the molecule is CCc1ccc(-c2nc(C(=O)O[C@H](C)C(=O)Nc3ccc(F)cc3F)cs2)cc1. The second-order valence-corrected chi connectivity index (χ2v) is 7.11. The first-order valence-electron chi connectivity index (χ1n) is 8.89. The number of esters is 1. The molecule has 0 spiro atoms. The Morgan fingerprint density at radius 2 is 1.90 bits per heavy atom. The van der Waals surface area contributed by atoms with Gasteiger partial charge in [-0.05, 0) is 31.0 Å². The van der Waals surface area contributed by atoms with Gasteiger partial charge in [0.25, 0.3) is 5.91 Å². The number of ether oxygens (including phenoxy) is 1. The highest BCUT2D eigenvalue weighted by molar-refractivity contribution is 7.13.